The Morgan fingerprint density at radius 1 is 0.463 bits per heavy atom. The summed E-state index contributed by atoms with van der Waals surface area (Å²) >= 11 is 0. The number of fused-ring (bicyclic) bond motifs is 6. The number of allylic oxidation sites excluding steroid dienone is 6. The molecule has 0 saturated carbocycles. The molecule has 0 unspecified atom stereocenters. The first-order chi connectivity index (χ1) is 26.6. The van der Waals surface area contributed by atoms with Gasteiger partial charge in [-0.1, -0.05) is 153 Å². The summed E-state index contributed by atoms with van der Waals surface area (Å²) in [4.78, 5) is 4.65. The molecule has 2 heteroatoms. The summed E-state index contributed by atoms with van der Waals surface area (Å²) in [6.07, 6.45) is 12.2. The third-order valence-corrected chi connectivity index (χ3v) is 10.2. The van der Waals surface area contributed by atoms with Gasteiger partial charge in [-0.25, -0.2) is 0 Å². The van der Waals surface area contributed by atoms with Gasteiger partial charge < -0.3 is 9.80 Å². The lowest BCUT2D eigenvalue weighted by Crippen LogP contribution is -2.15. The number of benzene rings is 8. The summed E-state index contributed by atoms with van der Waals surface area (Å²) in [6, 6.07) is 56.9. The second-order valence-corrected chi connectivity index (χ2v) is 13.3. The Kier molecular flexibility index (Phi) is 9.49. The first-order valence-electron chi connectivity index (χ1n) is 18.5. The van der Waals surface area contributed by atoms with Crippen LogP contribution in [0.25, 0.3) is 54.2 Å². The second kappa shape index (κ2) is 15.0. The van der Waals surface area contributed by atoms with Crippen molar-refractivity contribution < 1.29 is 0 Å². The lowest BCUT2D eigenvalue weighted by atomic mass is 9.98. The Balaban J connectivity index is 1.20. The third kappa shape index (κ3) is 6.18. The minimum atomic E-state index is 0.949. The molecule has 0 amide bonds. The van der Waals surface area contributed by atoms with Gasteiger partial charge in [0.1, 0.15) is 0 Å². The molecule has 8 aromatic rings. The standard InChI is InChI=1S/C52H42N2/c1-5-17-41(7-3)53(51-35-39-19-9-11-21-45(39)47-23-13-15-25-49(47)51)43-31-27-37(28-32-43)38-29-33-44(34-30-38)54(42(8-4)18-6-2)52-36-40-20-10-12-22-46(40)48-24-14-16-26-50(48)52/h5-36H,1,3H2,2,4H3/b18-6-,41-17+,42-8+. The lowest BCUT2D eigenvalue weighted by molar-refractivity contribution is 1.21. The number of hydrogen-bond donors (Lipinski definition) is 0. The maximum absolute atomic E-state index is 4.20. The molecule has 0 bridgehead atoms. The molecule has 2 nitrogen and oxygen atoms in total. The Bertz CT molecular complexity index is 2760. The van der Waals surface area contributed by atoms with Crippen LogP contribution in [0.3, 0.4) is 0 Å². The van der Waals surface area contributed by atoms with E-state index < -0.39 is 0 Å². The lowest BCUT2D eigenvalue weighted by Gasteiger charge is -2.29. The van der Waals surface area contributed by atoms with Crippen molar-refractivity contribution in [1.82, 2.24) is 0 Å². The van der Waals surface area contributed by atoms with Crippen molar-refractivity contribution >= 4 is 65.8 Å². The molecule has 0 fully saturated rings. The normalized spacial score (nSPS) is 12.2. The molecule has 0 spiro atoms. The molecule has 54 heavy (non-hydrogen) atoms. The van der Waals surface area contributed by atoms with Gasteiger partial charge in [0, 0.05) is 33.5 Å². The highest BCUT2D eigenvalue weighted by Gasteiger charge is 2.19. The van der Waals surface area contributed by atoms with Crippen molar-refractivity contribution in [2.24, 2.45) is 0 Å². The van der Waals surface area contributed by atoms with Crippen molar-refractivity contribution in [3.63, 3.8) is 0 Å². The molecule has 0 heterocycles. The molecular weight excluding hydrogens is 653 g/mol. The summed E-state index contributed by atoms with van der Waals surface area (Å²) in [6.45, 7) is 12.4. The predicted octanol–water partition coefficient (Wildman–Crippen LogP) is 15.0. The van der Waals surface area contributed by atoms with E-state index in [2.05, 4.69) is 213 Å². The highest BCUT2D eigenvalue weighted by atomic mass is 15.2. The maximum Gasteiger partial charge on any atom is 0.0546 e. The zero-order valence-corrected chi connectivity index (χ0v) is 30.8. The van der Waals surface area contributed by atoms with Crippen molar-refractivity contribution in [3.8, 4) is 11.1 Å². The van der Waals surface area contributed by atoms with Gasteiger partial charge in [0.15, 0.2) is 0 Å². The Hall–Kier alpha value is -6.90. The van der Waals surface area contributed by atoms with Crippen LogP contribution < -0.4 is 9.80 Å². The molecule has 0 N–H and O–H groups in total. The van der Waals surface area contributed by atoms with Crippen LogP contribution in [-0.4, -0.2) is 0 Å². The smallest absolute Gasteiger partial charge is 0.0546 e. The molecular formula is C52H42N2. The Morgan fingerprint density at radius 2 is 0.870 bits per heavy atom. The van der Waals surface area contributed by atoms with Crippen LogP contribution in [0.2, 0.25) is 0 Å². The van der Waals surface area contributed by atoms with E-state index in [1.807, 2.05) is 18.2 Å². The van der Waals surface area contributed by atoms with Crippen molar-refractivity contribution in [1.29, 1.82) is 0 Å². The number of anilines is 4. The molecule has 0 aliphatic heterocycles. The average molecular weight is 695 g/mol. The predicted molar refractivity (Wildman–Crippen MR) is 236 cm³/mol. The van der Waals surface area contributed by atoms with Gasteiger partial charge in [0.2, 0.25) is 0 Å². The third-order valence-electron chi connectivity index (χ3n) is 10.2. The van der Waals surface area contributed by atoms with Crippen molar-refractivity contribution in [3.05, 3.63) is 219 Å². The van der Waals surface area contributed by atoms with Gasteiger partial charge in [-0.2, -0.15) is 0 Å². The van der Waals surface area contributed by atoms with Crippen molar-refractivity contribution in [2.75, 3.05) is 9.80 Å². The first-order valence-corrected chi connectivity index (χ1v) is 18.5. The van der Waals surface area contributed by atoms with Crippen molar-refractivity contribution in [2.45, 2.75) is 13.8 Å². The summed E-state index contributed by atoms with van der Waals surface area (Å²) in [5.74, 6) is 0. The topological polar surface area (TPSA) is 6.48 Å². The molecule has 8 rings (SSSR count). The molecule has 0 aliphatic rings. The molecule has 0 atom stereocenters. The second-order valence-electron chi connectivity index (χ2n) is 13.3. The van der Waals surface area contributed by atoms with E-state index in [0.717, 1.165) is 45.3 Å². The summed E-state index contributed by atoms with van der Waals surface area (Å²) in [7, 11) is 0. The van der Waals surface area contributed by atoms with Gasteiger partial charge >= 0.3 is 0 Å². The zero-order chi connectivity index (χ0) is 37.0. The van der Waals surface area contributed by atoms with E-state index in [1.165, 1.54) is 43.1 Å². The summed E-state index contributed by atoms with van der Waals surface area (Å²) in [5.41, 5.74) is 8.74. The fraction of sp³-hybridized carbons (Fsp3) is 0.0385. The Morgan fingerprint density at radius 3 is 1.28 bits per heavy atom. The van der Waals surface area contributed by atoms with Crippen LogP contribution in [0.4, 0.5) is 22.7 Å². The average Bonchev–Trinajstić information content (AvgIpc) is 3.23. The van der Waals surface area contributed by atoms with Gasteiger partial charge in [-0.05, 0) is 112 Å². The zero-order valence-electron chi connectivity index (χ0n) is 30.8. The van der Waals surface area contributed by atoms with E-state index >= 15 is 0 Å². The van der Waals surface area contributed by atoms with Crippen LogP contribution in [0, 0.1) is 0 Å². The van der Waals surface area contributed by atoms with E-state index in [-0.39, 0.29) is 0 Å². The highest BCUT2D eigenvalue weighted by molar-refractivity contribution is 6.15. The number of nitrogens with zero attached hydrogens (tertiary/aromatic N) is 2. The van der Waals surface area contributed by atoms with Crippen LogP contribution >= 0.6 is 0 Å². The molecule has 0 saturated heterocycles. The van der Waals surface area contributed by atoms with E-state index in [9.17, 15) is 0 Å². The minimum absolute atomic E-state index is 0.949. The monoisotopic (exact) mass is 694 g/mol. The molecule has 260 valence electrons. The SMILES string of the molecule is C=C/C=C(\C=C)N(c1ccc(-c2ccc(N(C(/C=C\C)=C/C)c3cc4ccccc4c4ccccc34)cc2)cc1)c1cc2ccccc2c2ccccc12. The van der Waals surface area contributed by atoms with Crippen LogP contribution in [0.5, 0.6) is 0 Å². The quantitative estimate of drug-likeness (QED) is 0.104. The highest BCUT2D eigenvalue weighted by Crippen LogP contribution is 2.42. The largest absolute Gasteiger partial charge is 0.310 e. The number of rotatable bonds is 10. The molecule has 0 radical (unpaired) electrons. The molecule has 8 aromatic carbocycles. The Labute approximate surface area is 318 Å². The van der Waals surface area contributed by atoms with Gasteiger partial charge in [-0.3, -0.25) is 0 Å². The maximum atomic E-state index is 4.20. The van der Waals surface area contributed by atoms with E-state index in [4.69, 9.17) is 0 Å². The molecule has 0 aliphatic carbocycles. The minimum Gasteiger partial charge on any atom is -0.310 e. The van der Waals surface area contributed by atoms with Gasteiger partial charge in [0.25, 0.3) is 0 Å². The van der Waals surface area contributed by atoms with E-state index in [1.54, 1.807) is 0 Å². The fourth-order valence-electron chi connectivity index (χ4n) is 7.72. The first kappa shape index (κ1) is 34.2. The summed E-state index contributed by atoms with van der Waals surface area (Å²) < 4.78 is 0. The summed E-state index contributed by atoms with van der Waals surface area (Å²) in [5, 5.41) is 9.77. The van der Waals surface area contributed by atoms with Crippen LogP contribution in [0.1, 0.15) is 13.8 Å². The number of hydrogen-bond acceptors (Lipinski definition) is 2. The van der Waals surface area contributed by atoms with Gasteiger partial charge in [-0.15, -0.1) is 0 Å². The fourth-order valence-corrected chi connectivity index (χ4v) is 7.72. The van der Waals surface area contributed by atoms with Crippen LogP contribution in [-0.2, 0) is 0 Å². The van der Waals surface area contributed by atoms with Gasteiger partial charge in [0.05, 0.1) is 11.4 Å². The van der Waals surface area contributed by atoms with Crippen LogP contribution in [0.15, 0.2) is 219 Å². The molecule has 0 aromatic heterocycles. The van der Waals surface area contributed by atoms with E-state index in [0.29, 0.717) is 0 Å².